The predicted octanol–water partition coefficient (Wildman–Crippen LogP) is 3.00. The lowest BCUT2D eigenvalue weighted by Gasteiger charge is -2.26. The van der Waals surface area contributed by atoms with Crippen molar-refractivity contribution in [3.05, 3.63) is 60.5 Å². The second-order valence-corrected chi connectivity index (χ2v) is 11.4. The molecule has 2 aromatic carbocycles. The zero-order valence-corrected chi connectivity index (χ0v) is 21.2. The van der Waals surface area contributed by atoms with Crippen molar-refractivity contribution in [3.63, 3.8) is 0 Å². The highest BCUT2D eigenvalue weighted by Gasteiger charge is 2.46. The van der Waals surface area contributed by atoms with E-state index in [1.54, 1.807) is 63.2 Å². The number of ketones is 1. The molecular weight excluding hydrogens is 482 g/mol. The smallest absolute Gasteiger partial charge is 0.266 e. The summed E-state index contributed by atoms with van der Waals surface area (Å²) < 4.78 is 32.1. The lowest BCUT2D eigenvalue weighted by Crippen LogP contribution is -2.51. The molecule has 1 aromatic heterocycles. The quantitative estimate of drug-likeness (QED) is 0.461. The Labute approximate surface area is 209 Å². The van der Waals surface area contributed by atoms with Gasteiger partial charge in [-0.1, -0.05) is 51.1 Å². The molecule has 0 saturated carbocycles. The first-order valence-corrected chi connectivity index (χ1v) is 13.5. The van der Waals surface area contributed by atoms with E-state index in [1.807, 2.05) is 0 Å². The third-order valence-electron chi connectivity index (χ3n) is 6.40. The maximum Gasteiger partial charge on any atom is 0.266 e. The van der Waals surface area contributed by atoms with Crippen molar-refractivity contribution in [2.45, 2.75) is 55.8 Å². The highest BCUT2D eigenvalue weighted by Crippen LogP contribution is 2.29. The Kier molecular flexibility index (Phi) is 7.26. The monoisotopic (exact) mass is 511 g/mol. The van der Waals surface area contributed by atoms with Gasteiger partial charge in [0.25, 0.3) is 5.89 Å². The van der Waals surface area contributed by atoms with Gasteiger partial charge in [-0.25, -0.2) is 13.4 Å². The third kappa shape index (κ3) is 4.90. The SMILES string of the molecule is CCC(NC(=O)[C@@H]1C[C@@H](S(=O)(=O)c2ccccc2)CN1C(=O)C(C)C)C(=O)c1nc2ccccc2o1. The van der Waals surface area contributed by atoms with E-state index in [4.69, 9.17) is 4.42 Å². The van der Waals surface area contributed by atoms with Gasteiger partial charge >= 0.3 is 0 Å². The van der Waals surface area contributed by atoms with Gasteiger partial charge in [0.05, 0.1) is 16.2 Å². The summed E-state index contributed by atoms with van der Waals surface area (Å²) >= 11 is 0. The van der Waals surface area contributed by atoms with E-state index in [0.717, 1.165) is 0 Å². The van der Waals surface area contributed by atoms with Crippen LogP contribution in [0.15, 0.2) is 63.9 Å². The van der Waals surface area contributed by atoms with Gasteiger partial charge in [0.2, 0.25) is 17.6 Å². The number of rotatable bonds is 8. The molecule has 3 aromatic rings. The first-order chi connectivity index (χ1) is 17.1. The van der Waals surface area contributed by atoms with Gasteiger partial charge in [-0.15, -0.1) is 0 Å². The maximum atomic E-state index is 13.4. The third-order valence-corrected chi connectivity index (χ3v) is 8.55. The fourth-order valence-electron chi connectivity index (χ4n) is 4.40. The number of Topliss-reactive ketones (excluding diaryl/α,β-unsaturated/α-hetero) is 1. The zero-order valence-electron chi connectivity index (χ0n) is 20.4. The van der Waals surface area contributed by atoms with Crippen molar-refractivity contribution in [2.75, 3.05) is 6.54 Å². The van der Waals surface area contributed by atoms with Gasteiger partial charge in [-0.3, -0.25) is 14.4 Å². The van der Waals surface area contributed by atoms with Crippen molar-refractivity contribution in [1.29, 1.82) is 0 Å². The molecule has 10 heteroatoms. The molecular formula is C26H29N3O6S. The molecule has 0 aliphatic carbocycles. The molecule has 36 heavy (non-hydrogen) atoms. The molecule has 0 spiro atoms. The zero-order chi connectivity index (χ0) is 26.0. The number of oxazole rings is 1. The van der Waals surface area contributed by atoms with E-state index in [0.29, 0.717) is 11.1 Å². The molecule has 4 rings (SSSR count). The molecule has 9 nitrogen and oxygen atoms in total. The van der Waals surface area contributed by atoms with Crippen LogP contribution in [0.1, 0.15) is 44.3 Å². The number of sulfone groups is 1. The molecule has 0 bridgehead atoms. The van der Waals surface area contributed by atoms with Gasteiger partial charge in [0.1, 0.15) is 11.6 Å². The molecule has 2 amide bonds. The van der Waals surface area contributed by atoms with Crippen molar-refractivity contribution >= 4 is 38.5 Å². The van der Waals surface area contributed by atoms with Crippen LogP contribution in [-0.4, -0.2) is 59.8 Å². The minimum absolute atomic E-state index is 0.0605. The highest BCUT2D eigenvalue weighted by molar-refractivity contribution is 7.92. The normalized spacial score (nSPS) is 18.9. The standard InChI is InChI=1S/C26H29N3O6S/c1-4-19(23(30)25-28-20-12-8-9-13-22(20)35-25)27-24(31)21-14-18(15-29(21)26(32)16(2)3)36(33,34)17-10-6-5-7-11-17/h5-13,16,18-19,21H,4,14-15H2,1-3H3,(H,27,31)/t18-,19?,21+/m1/s1. The van der Waals surface area contributed by atoms with Crippen LogP contribution in [0.4, 0.5) is 0 Å². The van der Waals surface area contributed by atoms with Crippen molar-refractivity contribution in [3.8, 4) is 0 Å². The lowest BCUT2D eigenvalue weighted by molar-refractivity contribution is -0.140. The first kappa shape index (κ1) is 25.6. The molecule has 1 saturated heterocycles. The average Bonchev–Trinajstić information content (AvgIpc) is 3.52. The summed E-state index contributed by atoms with van der Waals surface area (Å²) in [6.07, 6.45) is 0.203. The Morgan fingerprint density at radius 1 is 1.08 bits per heavy atom. The van der Waals surface area contributed by atoms with Gasteiger partial charge in [0.15, 0.2) is 15.4 Å². The Bertz CT molecular complexity index is 1350. The Morgan fingerprint density at radius 3 is 2.39 bits per heavy atom. The van der Waals surface area contributed by atoms with Crippen molar-refractivity contribution in [1.82, 2.24) is 15.2 Å². The van der Waals surface area contributed by atoms with Crippen LogP contribution in [0.25, 0.3) is 11.1 Å². The summed E-state index contributed by atoms with van der Waals surface area (Å²) in [7, 11) is -3.77. The Hall–Kier alpha value is -3.53. The van der Waals surface area contributed by atoms with Crippen LogP contribution < -0.4 is 5.32 Å². The van der Waals surface area contributed by atoms with E-state index < -0.39 is 44.8 Å². The number of likely N-dealkylation sites (tertiary alicyclic amines) is 1. The summed E-state index contributed by atoms with van der Waals surface area (Å²) in [5.74, 6) is -1.93. The van der Waals surface area contributed by atoms with E-state index >= 15 is 0 Å². The van der Waals surface area contributed by atoms with Crippen LogP contribution in [0, 0.1) is 5.92 Å². The highest BCUT2D eigenvalue weighted by atomic mass is 32.2. The van der Waals surface area contributed by atoms with Gasteiger partial charge in [-0.2, -0.15) is 0 Å². The van der Waals surface area contributed by atoms with Gasteiger partial charge < -0.3 is 14.6 Å². The van der Waals surface area contributed by atoms with E-state index in [-0.39, 0.29) is 36.1 Å². The van der Waals surface area contributed by atoms with Crippen LogP contribution in [-0.2, 0) is 19.4 Å². The Morgan fingerprint density at radius 2 is 1.75 bits per heavy atom. The molecule has 190 valence electrons. The number of hydrogen-bond donors (Lipinski definition) is 1. The second kappa shape index (κ2) is 10.2. The van der Waals surface area contributed by atoms with Gasteiger partial charge in [-0.05, 0) is 37.1 Å². The predicted molar refractivity (Wildman–Crippen MR) is 133 cm³/mol. The Balaban J connectivity index is 1.56. The summed E-state index contributed by atoms with van der Waals surface area (Å²) in [5.41, 5.74) is 0.987. The number of hydrogen-bond acceptors (Lipinski definition) is 7. The molecule has 3 atom stereocenters. The topological polar surface area (TPSA) is 127 Å². The first-order valence-electron chi connectivity index (χ1n) is 11.9. The fourth-order valence-corrected chi connectivity index (χ4v) is 6.11. The fraction of sp³-hybridized carbons (Fsp3) is 0.385. The number of fused-ring (bicyclic) bond motifs is 1. The minimum atomic E-state index is -3.77. The van der Waals surface area contributed by atoms with E-state index in [9.17, 15) is 22.8 Å². The molecule has 1 aliphatic rings. The average molecular weight is 512 g/mol. The molecule has 2 heterocycles. The number of para-hydroxylation sites is 2. The van der Waals surface area contributed by atoms with E-state index in [2.05, 4.69) is 10.3 Å². The van der Waals surface area contributed by atoms with Crippen LogP contribution in [0.2, 0.25) is 0 Å². The largest absolute Gasteiger partial charge is 0.434 e. The summed E-state index contributed by atoms with van der Waals surface area (Å²) in [4.78, 5) is 45.1. The molecule has 0 radical (unpaired) electrons. The second-order valence-electron chi connectivity index (χ2n) is 9.20. The number of aromatic nitrogens is 1. The van der Waals surface area contributed by atoms with Crippen LogP contribution in [0.3, 0.4) is 0 Å². The molecule has 1 aliphatic heterocycles. The number of carbonyl (C=O) groups excluding carboxylic acids is 3. The summed E-state index contributed by atoms with van der Waals surface area (Å²) in [6.45, 7) is 5.03. The number of benzene rings is 2. The summed E-state index contributed by atoms with van der Waals surface area (Å²) in [6, 6.07) is 13.0. The number of carbonyl (C=O) groups is 3. The number of amides is 2. The van der Waals surface area contributed by atoms with Crippen LogP contribution >= 0.6 is 0 Å². The number of nitrogens with one attached hydrogen (secondary N) is 1. The number of nitrogens with zero attached hydrogens (tertiary/aromatic N) is 2. The summed E-state index contributed by atoms with van der Waals surface area (Å²) in [5, 5.41) is 1.77. The van der Waals surface area contributed by atoms with Crippen molar-refractivity contribution in [2.24, 2.45) is 5.92 Å². The maximum absolute atomic E-state index is 13.4. The van der Waals surface area contributed by atoms with Crippen LogP contribution in [0.5, 0.6) is 0 Å². The van der Waals surface area contributed by atoms with Crippen molar-refractivity contribution < 1.29 is 27.2 Å². The van der Waals surface area contributed by atoms with Gasteiger partial charge in [0, 0.05) is 12.5 Å². The molecule has 1 N–H and O–H groups in total. The molecule has 1 fully saturated rings. The lowest BCUT2D eigenvalue weighted by atomic mass is 10.1. The molecule has 1 unspecified atom stereocenters. The van der Waals surface area contributed by atoms with E-state index in [1.165, 1.54) is 17.0 Å². The minimum Gasteiger partial charge on any atom is -0.434 e.